The highest BCUT2D eigenvalue weighted by molar-refractivity contribution is 6.33. The number of carbonyl (C=O) groups excluding carboxylic acids is 1. The van der Waals surface area contributed by atoms with Gasteiger partial charge in [-0.2, -0.15) is 4.98 Å². The van der Waals surface area contributed by atoms with Crippen molar-refractivity contribution in [2.24, 2.45) is 0 Å². The Bertz CT molecular complexity index is 629. The molecule has 0 radical (unpaired) electrons. The minimum atomic E-state index is -0.247. The largest absolute Gasteiger partial charge is 0.369 e. The van der Waals surface area contributed by atoms with E-state index in [1.807, 2.05) is 6.92 Å². The summed E-state index contributed by atoms with van der Waals surface area (Å²) in [6, 6.07) is 1.58. The van der Waals surface area contributed by atoms with Gasteiger partial charge in [0.25, 0.3) is 5.91 Å². The van der Waals surface area contributed by atoms with Crippen molar-refractivity contribution in [1.82, 2.24) is 20.4 Å². The number of halogens is 1. The summed E-state index contributed by atoms with van der Waals surface area (Å²) in [4.78, 5) is 20.1. The first-order valence-corrected chi connectivity index (χ1v) is 6.94. The molecule has 21 heavy (non-hydrogen) atoms. The molecule has 0 aliphatic rings. The molecule has 0 saturated heterocycles. The zero-order valence-electron chi connectivity index (χ0n) is 11.8. The predicted octanol–water partition coefficient (Wildman–Crippen LogP) is 1.83. The van der Waals surface area contributed by atoms with E-state index in [4.69, 9.17) is 16.1 Å². The van der Waals surface area contributed by atoms with Crippen LogP contribution in [0.3, 0.4) is 0 Å². The quantitative estimate of drug-likeness (QED) is 0.845. The zero-order valence-corrected chi connectivity index (χ0v) is 12.6. The molecule has 7 nitrogen and oxygen atoms in total. The van der Waals surface area contributed by atoms with Crippen LogP contribution in [0.4, 0.5) is 5.82 Å². The van der Waals surface area contributed by atoms with E-state index >= 15 is 0 Å². The summed E-state index contributed by atoms with van der Waals surface area (Å²) in [7, 11) is 0. The minimum Gasteiger partial charge on any atom is -0.369 e. The zero-order chi connectivity index (χ0) is 15.2. The first-order valence-electron chi connectivity index (χ1n) is 6.57. The molecule has 0 fully saturated rings. The summed E-state index contributed by atoms with van der Waals surface area (Å²) >= 11 is 6.05. The van der Waals surface area contributed by atoms with Crippen LogP contribution in [0, 0.1) is 6.92 Å². The third-order valence-corrected chi connectivity index (χ3v) is 2.93. The number of amides is 1. The van der Waals surface area contributed by atoms with Crippen LogP contribution in [0.1, 0.15) is 29.0 Å². The second kappa shape index (κ2) is 7.03. The van der Waals surface area contributed by atoms with Crippen molar-refractivity contribution in [2.75, 3.05) is 18.4 Å². The Morgan fingerprint density at radius 2 is 2.29 bits per heavy atom. The molecule has 0 aromatic carbocycles. The summed E-state index contributed by atoms with van der Waals surface area (Å²) in [5, 5.41) is 9.85. The molecule has 2 aromatic heterocycles. The van der Waals surface area contributed by atoms with E-state index in [0.717, 1.165) is 0 Å². The molecule has 0 unspecified atom stereocenters. The van der Waals surface area contributed by atoms with Gasteiger partial charge in [0.1, 0.15) is 5.82 Å². The maximum absolute atomic E-state index is 12.0. The Kier molecular flexibility index (Phi) is 5.10. The number of rotatable bonds is 6. The lowest BCUT2D eigenvalue weighted by Gasteiger charge is -2.07. The van der Waals surface area contributed by atoms with Crippen LogP contribution >= 0.6 is 11.6 Å². The van der Waals surface area contributed by atoms with Crippen molar-refractivity contribution < 1.29 is 9.32 Å². The summed E-state index contributed by atoms with van der Waals surface area (Å²) < 4.78 is 4.96. The first-order chi connectivity index (χ1) is 10.1. The van der Waals surface area contributed by atoms with Crippen LogP contribution in [-0.2, 0) is 6.42 Å². The van der Waals surface area contributed by atoms with Gasteiger partial charge in [-0.05, 0) is 19.9 Å². The van der Waals surface area contributed by atoms with Crippen molar-refractivity contribution in [2.45, 2.75) is 20.3 Å². The second-order valence-corrected chi connectivity index (χ2v) is 4.73. The molecule has 2 N–H and O–H groups in total. The summed E-state index contributed by atoms with van der Waals surface area (Å²) in [5.41, 5.74) is 0.406. The summed E-state index contributed by atoms with van der Waals surface area (Å²) in [6.07, 6.45) is 1.96. The molecule has 2 rings (SSSR count). The Hall–Kier alpha value is -2.15. The van der Waals surface area contributed by atoms with Crippen molar-refractivity contribution in [3.8, 4) is 0 Å². The van der Waals surface area contributed by atoms with Crippen LogP contribution in [0.2, 0.25) is 5.02 Å². The number of aromatic nitrogens is 3. The number of anilines is 1. The average molecular weight is 310 g/mol. The average Bonchev–Trinajstić information content (AvgIpc) is 2.87. The molecule has 2 heterocycles. The Labute approximate surface area is 127 Å². The van der Waals surface area contributed by atoms with Gasteiger partial charge in [-0.1, -0.05) is 16.8 Å². The van der Waals surface area contributed by atoms with E-state index in [2.05, 4.69) is 25.8 Å². The van der Waals surface area contributed by atoms with Crippen LogP contribution in [0.25, 0.3) is 0 Å². The summed E-state index contributed by atoms with van der Waals surface area (Å²) in [5.74, 6) is 1.39. The van der Waals surface area contributed by atoms with E-state index in [0.29, 0.717) is 47.6 Å². The van der Waals surface area contributed by atoms with E-state index in [-0.39, 0.29) is 5.91 Å². The smallest absolute Gasteiger partial charge is 0.252 e. The van der Waals surface area contributed by atoms with Crippen molar-refractivity contribution in [1.29, 1.82) is 0 Å². The van der Waals surface area contributed by atoms with E-state index in [1.54, 1.807) is 13.0 Å². The fourth-order valence-corrected chi connectivity index (χ4v) is 1.92. The van der Waals surface area contributed by atoms with E-state index < -0.39 is 0 Å². The predicted molar refractivity (Wildman–Crippen MR) is 78.5 cm³/mol. The third-order valence-electron chi connectivity index (χ3n) is 2.64. The molecule has 0 aliphatic heterocycles. The Morgan fingerprint density at radius 3 is 2.90 bits per heavy atom. The maximum Gasteiger partial charge on any atom is 0.252 e. The highest BCUT2D eigenvalue weighted by atomic mass is 35.5. The van der Waals surface area contributed by atoms with Gasteiger partial charge < -0.3 is 15.2 Å². The molecule has 0 spiro atoms. The lowest BCUT2D eigenvalue weighted by molar-refractivity contribution is 0.0953. The summed E-state index contributed by atoms with van der Waals surface area (Å²) in [6.45, 7) is 4.79. The molecule has 0 aliphatic carbocycles. The SMILES string of the molecule is CCNc1ncc(C(=O)NCCc2nc(C)no2)cc1Cl. The van der Waals surface area contributed by atoms with Gasteiger partial charge in [0, 0.05) is 25.7 Å². The van der Waals surface area contributed by atoms with Crippen LogP contribution in [0.15, 0.2) is 16.8 Å². The van der Waals surface area contributed by atoms with Gasteiger partial charge in [-0.15, -0.1) is 0 Å². The number of aryl methyl sites for hydroxylation is 1. The molecule has 0 bridgehead atoms. The van der Waals surface area contributed by atoms with Gasteiger partial charge in [-0.3, -0.25) is 4.79 Å². The van der Waals surface area contributed by atoms with Gasteiger partial charge in [0.2, 0.25) is 5.89 Å². The molecular weight excluding hydrogens is 294 g/mol. The maximum atomic E-state index is 12.0. The topological polar surface area (TPSA) is 92.9 Å². The lowest BCUT2D eigenvalue weighted by atomic mass is 10.2. The number of hydrogen-bond acceptors (Lipinski definition) is 6. The van der Waals surface area contributed by atoms with Gasteiger partial charge in [0.15, 0.2) is 5.82 Å². The number of nitrogens with zero attached hydrogens (tertiary/aromatic N) is 3. The Morgan fingerprint density at radius 1 is 1.48 bits per heavy atom. The molecule has 0 saturated carbocycles. The molecule has 0 atom stereocenters. The fraction of sp³-hybridized carbons (Fsp3) is 0.385. The normalized spacial score (nSPS) is 10.4. The number of nitrogens with one attached hydrogen (secondary N) is 2. The van der Waals surface area contributed by atoms with Crippen molar-refractivity contribution in [3.63, 3.8) is 0 Å². The highest BCUT2D eigenvalue weighted by Gasteiger charge is 2.10. The lowest BCUT2D eigenvalue weighted by Crippen LogP contribution is -2.26. The molecular formula is C13H16ClN5O2. The minimum absolute atomic E-state index is 0.247. The van der Waals surface area contributed by atoms with E-state index in [1.165, 1.54) is 6.20 Å². The number of carbonyl (C=O) groups is 1. The van der Waals surface area contributed by atoms with Crippen molar-refractivity contribution >= 4 is 23.3 Å². The van der Waals surface area contributed by atoms with Gasteiger partial charge in [-0.25, -0.2) is 4.98 Å². The number of pyridine rings is 1. The Balaban J connectivity index is 1.89. The van der Waals surface area contributed by atoms with Crippen LogP contribution in [-0.4, -0.2) is 34.1 Å². The molecule has 1 amide bonds. The van der Waals surface area contributed by atoms with Gasteiger partial charge >= 0.3 is 0 Å². The van der Waals surface area contributed by atoms with E-state index in [9.17, 15) is 4.79 Å². The second-order valence-electron chi connectivity index (χ2n) is 4.33. The fourth-order valence-electron chi connectivity index (χ4n) is 1.69. The standard InChI is InChI=1S/C13H16ClN5O2/c1-3-15-12-10(14)6-9(7-17-12)13(20)16-5-4-11-18-8(2)19-21-11/h6-7H,3-5H2,1-2H3,(H,15,17)(H,16,20). The van der Waals surface area contributed by atoms with Crippen LogP contribution in [0.5, 0.6) is 0 Å². The molecule has 8 heteroatoms. The van der Waals surface area contributed by atoms with Crippen LogP contribution < -0.4 is 10.6 Å². The molecule has 112 valence electrons. The van der Waals surface area contributed by atoms with Gasteiger partial charge in [0.05, 0.1) is 10.6 Å². The highest BCUT2D eigenvalue weighted by Crippen LogP contribution is 2.19. The monoisotopic (exact) mass is 309 g/mol. The third kappa shape index (κ3) is 4.16. The first kappa shape index (κ1) is 15.2. The van der Waals surface area contributed by atoms with Crippen molar-refractivity contribution in [3.05, 3.63) is 34.6 Å². The molecule has 2 aromatic rings. The number of hydrogen-bond donors (Lipinski definition) is 2.